The third kappa shape index (κ3) is 4.34. The Morgan fingerprint density at radius 2 is 1.93 bits per heavy atom. The molecule has 2 aliphatic carbocycles. The molecule has 5 nitrogen and oxygen atoms in total. The van der Waals surface area contributed by atoms with Gasteiger partial charge in [-0.1, -0.05) is 19.8 Å². The summed E-state index contributed by atoms with van der Waals surface area (Å²) in [6.07, 6.45) is 7.84. The van der Waals surface area contributed by atoms with Crippen molar-refractivity contribution in [2.45, 2.75) is 64.3 Å². The highest BCUT2D eigenvalue weighted by Gasteiger charge is 2.28. The second kappa shape index (κ2) is 8.60. The molecule has 4 rings (SSSR count). The molecule has 2 aromatic rings. The zero-order chi connectivity index (χ0) is 20.4. The van der Waals surface area contributed by atoms with Crippen molar-refractivity contribution in [3.8, 4) is 5.75 Å². The van der Waals surface area contributed by atoms with Crippen molar-refractivity contribution in [2.24, 2.45) is 5.92 Å². The first-order valence-corrected chi connectivity index (χ1v) is 11.1. The monoisotopic (exact) mass is 396 g/mol. The number of pyridine rings is 1. The van der Waals surface area contributed by atoms with E-state index in [1.54, 1.807) is 11.7 Å². The molecular weight excluding hydrogens is 364 g/mol. The van der Waals surface area contributed by atoms with Crippen molar-refractivity contribution in [2.75, 3.05) is 20.2 Å². The lowest BCUT2D eigenvalue weighted by Crippen LogP contribution is -2.39. The summed E-state index contributed by atoms with van der Waals surface area (Å²) in [6, 6.07) is 7.85. The number of ether oxygens (including phenoxy) is 1. The third-order valence-corrected chi connectivity index (χ3v) is 6.44. The van der Waals surface area contributed by atoms with Gasteiger partial charge in [0.15, 0.2) is 0 Å². The molecule has 0 radical (unpaired) electrons. The maximum atomic E-state index is 13.5. The maximum Gasteiger partial charge on any atom is 0.255 e. The number of benzene rings is 1. The van der Waals surface area contributed by atoms with Crippen LogP contribution in [-0.4, -0.2) is 35.6 Å². The largest absolute Gasteiger partial charge is 0.497 e. The Balaban J connectivity index is 1.74. The highest BCUT2D eigenvalue weighted by Crippen LogP contribution is 2.34. The smallest absolute Gasteiger partial charge is 0.255 e. The third-order valence-electron chi connectivity index (χ3n) is 6.44. The van der Waals surface area contributed by atoms with Crippen LogP contribution in [0.4, 0.5) is 0 Å². The van der Waals surface area contributed by atoms with Gasteiger partial charge in [-0.3, -0.25) is 14.2 Å². The van der Waals surface area contributed by atoms with Gasteiger partial charge >= 0.3 is 0 Å². The quantitative estimate of drug-likeness (QED) is 0.668. The summed E-state index contributed by atoms with van der Waals surface area (Å²) in [4.78, 5) is 28.6. The van der Waals surface area contributed by atoms with Gasteiger partial charge in [-0.15, -0.1) is 0 Å². The molecule has 0 spiro atoms. The van der Waals surface area contributed by atoms with E-state index in [9.17, 15) is 9.59 Å². The zero-order valence-corrected chi connectivity index (χ0v) is 17.7. The van der Waals surface area contributed by atoms with Crippen LogP contribution in [-0.2, 0) is 11.3 Å². The Bertz CT molecular complexity index is 939. The SMILES string of the molecule is CCCN(CC1CC1)C(=O)Cn1c(=O)c(C2CCCC2)cc2ccc(OC)cc21. The van der Waals surface area contributed by atoms with Gasteiger partial charge in [0.05, 0.1) is 12.6 Å². The lowest BCUT2D eigenvalue weighted by atomic mass is 9.97. The van der Waals surface area contributed by atoms with Gasteiger partial charge in [-0.05, 0) is 67.5 Å². The van der Waals surface area contributed by atoms with E-state index >= 15 is 0 Å². The fourth-order valence-electron chi connectivity index (χ4n) is 4.62. The van der Waals surface area contributed by atoms with Gasteiger partial charge in [0, 0.05) is 24.7 Å². The minimum atomic E-state index is -0.00567. The lowest BCUT2D eigenvalue weighted by Gasteiger charge is -2.24. The van der Waals surface area contributed by atoms with E-state index in [-0.39, 0.29) is 18.0 Å². The molecule has 29 heavy (non-hydrogen) atoms. The number of rotatable bonds is 8. The van der Waals surface area contributed by atoms with E-state index in [1.165, 1.54) is 25.7 Å². The summed E-state index contributed by atoms with van der Waals surface area (Å²) in [7, 11) is 1.63. The normalized spacial score (nSPS) is 17.0. The van der Waals surface area contributed by atoms with Gasteiger partial charge in [-0.2, -0.15) is 0 Å². The van der Waals surface area contributed by atoms with Crippen LogP contribution in [0.3, 0.4) is 0 Å². The van der Waals surface area contributed by atoms with Gasteiger partial charge in [0.2, 0.25) is 5.91 Å². The summed E-state index contributed by atoms with van der Waals surface area (Å²) in [5, 5.41) is 1.00. The van der Waals surface area contributed by atoms with Crippen LogP contribution >= 0.6 is 0 Å². The Kier molecular flexibility index (Phi) is 5.93. The summed E-state index contributed by atoms with van der Waals surface area (Å²) < 4.78 is 7.09. The summed E-state index contributed by atoms with van der Waals surface area (Å²) >= 11 is 0. The van der Waals surface area contributed by atoms with Crippen molar-refractivity contribution >= 4 is 16.8 Å². The summed E-state index contributed by atoms with van der Waals surface area (Å²) in [5.74, 6) is 1.71. The zero-order valence-electron chi connectivity index (χ0n) is 17.7. The van der Waals surface area contributed by atoms with Gasteiger partial charge in [0.1, 0.15) is 12.3 Å². The molecule has 1 amide bonds. The number of nitrogens with zero attached hydrogens (tertiary/aromatic N) is 2. The van der Waals surface area contributed by atoms with E-state index in [2.05, 4.69) is 6.92 Å². The van der Waals surface area contributed by atoms with Crippen molar-refractivity contribution in [3.63, 3.8) is 0 Å². The molecule has 5 heteroatoms. The van der Waals surface area contributed by atoms with Crippen LogP contribution in [0.15, 0.2) is 29.1 Å². The molecule has 0 aliphatic heterocycles. The number of carbonyl (C=O) groups excluding carboxylic acids is 1. The molecule has 1 aromatic carbocycles. The van der Waals surface area contributed by atoms with Crippen LogP contribution in [0.5, 0.6) is 5.75 Å². The molecule has 1 aromatic heterocycles. The Hall–Kier alpha value is -2.30. The minimum absolute atomic E-state index is 0.00567. The second-order valence-electron chi connectivity index (χ2n) is 8.68. The molecule has 1 heterocycles. The van der Waals surface area contributed by atoms with Gasteiger partial charge < -0.3 is 9.64 Å². The van der Waals surface area contributed by atoms with Crippen LogP contribution in [0, 0.1) is 5.92 Å². The highest BCUT2D eigenvalue weighted by atomic mass is 16.5. The van der Waals surface area contributed by atoms with Crippen LogP contribution < -0.4 is 10.3 Å². The van der Waals surface area contributed by atoms with Crippen LogP contribution in [0.25, 0.3) is 10.9 Å². The average molecular weight is 397 g/mol. The molecule has 0 atom stereocenters. The van der Waals surface area contributed by atoms with Crippen molar-refractivity contribution in [3.05, 3.63) is 40.2 Å². The first-order valence-electron chi connectivity index (χ1n) is 11.1. The standard InChI is InChI=1S/C24H32N2O3/c1-3-12-25(15-17-8-9-17)23(27)16-26-22-14-20(29-2)11-10-19(22)13-21(24(26)28)18-6-4-5-7-18/h10-11,13-14,17-18H,3-9,12,15-16H2,1-2H3. The van der Waals surface area contributed by atoms with Crippen molar-refractivity contribution < 1.29 is 9.53 Å². The fourth-order valence-corrected chi connectivity index (χ4v) is 4.62. The molecule has 2 fully saturated rings. The lowest BCUT2D eigenvalue weighted by molar-refractivity contribution is -0.132. The Morgan fingerprint density at radius 3 is 2.59 bits per heavy atom. The molecule has 0 unspecified atom stereocenters. The number of aromatic nitrogens is 1. The molecule has 156 valence electrons. The number of hydrogen-bond donors (Lipinski definition) is 0. The van der Waals surface area contributed by atoms with Crippen LogP contribution in [0.2, 0.25) is 0 Å². The fraction of sp³-hybridized carbons (Fsp3) is 0.583. The molecule has 2 saturated carbocycles. The number of carbonyl (C=O) groups is 1. The number of fused-ring (bicyclic) bond motifs is 1. The topological polar surface area (TPSA) is 51.5 Å². The minimum Gasteiger partial charge on any atom is -0.497 e. The Morgan fingerprint density at radius 1 is 1.17 bits per heavy atom. The van der Waals surface area contributed by atoms with Gasteiger partial charge in [0.25, 0.3) is 5.56 Å². The molecule has 0 N–H and O–H groups in total. The summed E-state index contributed by atoms with van der Waals surface area (Å²) in [5.41, 5.74) is 1.65. The highest BCUT2D eigenvalue weighted by molar-refractivity contribution is 5.84. The first kappa shape index (κ1) is 20.0. The van der Waals surface area contributed by atoms with Gasteiger partial charge in [-0.25, -0.2) is 0 Å². The molecule has 0 saturated heterocycles. The predicted molar refractivity (Wildman–Crippen MR) is 116 cm³/mol. The van der Waals surface area contributed by atoms with E-state index < -0.39 is 0 Å². The summed E-state index contributed by atoms with van der Waals surface area (Å²) in [6.45, 7) is 3.79. The van der Waals surface area contributed by atoms with Crippen molar-refractivity contribution in [1.29, 1.82) is 0 Å². The first-order chi connectivity index (χ1) is 14.1. The number of methoxy groups -OCH3 is 1. The molecular formula is C24H32N2O3. The Labute approximate surface area is 172 Å². The van der Waals surface area contributed by atoms with E-state index in [0.717, 1.165) is 48.8 Å². The van der Waals surface area contributed by atoms with E-state index in [0.29, 0.717) is 17.6 Å². The predicted octanol–water partition coefficient (Wildman–Crippen LogP) is 4.32. The van der Waals surface area contributed by atoms with E-state index in [1.807, 2.05) is 29.2 Å². The number of amides is 1. The number of hydrogen-bond acceptors (Lipinski definition) is 3. The molecule has 0 bridgehead atoms. The van der Waals surface area contributed by atoms with Crippen molar-refractivity contribution in [1.82, 2.24) is 9.47 Å². The maximum absolute atomic E-state index is 13.5. The molecule has 2 aliphatic rings. The van der Waals surface area contributed by atoms with E-state index in [4.69, 9.17) is 4.74 Å². The second-order valence-corrected chi connectivity index (χ2v) is 8.68. The van der Waals surface area contributed by atoms with Crippen LogP contribution in [0.1, 0.15) is 63.4 Å². The average Bonchev–Trinajstić information content (AvgIpc) is 3.38.